The lowest BCUT2D eigenvalue weighted by Gasteiger charge is -1.91. The molecule has 1 heterocycles. The molecule has 1 aromatic rings. The molecular formula is C6H10N2O2S. The molecule has 0 bridgehead atoms. The maximum Gasteiger partial charge on any atom is 0.226 e. The van der Waals surface area contributed by atoms with E-state index in [2.05, 4.69) is 10.2 Å². The molecule has 1 aromatic heterocycles. The molecule has 0 saturated carbocycles. The lowest BCUT2D eigenvalue weighted by Crippen LogP contribution is -1.87. The number of aliphatic hydroxyl groups excluding tert-OH is 1. The molecule has 0 fully saturated rings. The van der Waals surface area contributed by atoms with Crippen LogP contribution in [0.3, 0.4) is 0 Å². The molecule has 0 radical (unpaired) electrons. The van der Waals surface area contributed by atoms with E-state index >= 15 is 0 Å². The minimum absolute atomic E-state index is 0.192. The minimum atomic E-state index is 0.192. The number of thioether (sulfide) groups is 1. The van der Waals surface area contributed by atoms with Gasteiger partial charge in [0.2, 0.25) is 11.8 Å². The Bertz CT molecular complexity index is 214. The Balaban J connectivity index is 2.27. The Labute approximate surface area is 69.0 Å². The summed E-state index contributed by atoms with van der Waals surface area (Å²) >= 11 is 1.57. The van der Waals surface area contributed by atoms with Crippen molar-refractivity contribution in [3.8, 4) is 0 Å². The van der Waals surface area contributed by atoms with Gasteiger partial charge in [-0.3, -0.25) is 0 Å². The van der Waals surface area contributed by atoms with Gasteiger partial charge in [0.1, 0.15) is 0 Å². The largest absolute Gasteiger partial charge is 0.425 e. The molecule has 1 N–H and O–H groups in total. The molecule has 0 spiro atoms. The Hall–Kier alpha value is -0.550. The molecular weight excluding hydrogens is 164 g/mol. The van der Waals surface area contributed by atoms with Crippen LogP contribution in [0, 0.1) is 6.92 Å². The first-order valence-electron chi connectivity index (χ1n) is 3.30. The molecule has 0 aliphatic heterocycles. The Morgan fingerprint density at radius 3 is 2.91 bits per heavy atom. The van der Waals surface area contributed by atoms with E-state index in [-0.39, 0.29) is 6.61 Å². The van der Waals surface area contributed by atoms with E-state index in [4.69, 9.17) is 9.52 Å². The predicted octanol–water partition coefficient (Wildman–Crippen LogP) is 0.604. The topological polar surface area (TPSA) is 59.2 Å². The molecule has 62 valence electrons. The van der Waals surface area contributed by atoms with Crippen molar-refractivity contribution in [1.82, 2.24) is 10.2 Å². The van der Waals surface area contributed by atoms with Gasteiger partial charge in [0, 0.05) is 12.7 Å². The number of hydrogen-bond donors (Lipinski definition) is 1. The van der Waals surface area contributed by atoms with E-state index in [0.717, 1.165) is 0 Å². The second kappa shape index (κ2) is 4.35. The lowest BCUT2D eigenvalue weighted by molar-refractivity contribution is 0.322. The van der Waals surface area contributed by atoms with Crippen LogP contribution in [0.5, 0.6) is 0 Å². The molecule has 0 aliphatic rings. The van der Waals surface area contributed by atoms with E-state index in [1.807, 2.05) is 0 Å². The third-order valence-corrected chi connectivity index (χ3v) is 1.95. The standard InChI is InChI=1S/C6H10N2O2S/c1-5-7-8-6(10-5)4-11-3-2-9/h9H,2-4H2,1H3. The average Bonchev–Trinajstić information content (AvgIpc) is 2.37. The van der Waals surface area contributed by atoms with Crippen molar-refractivity contribution >= 4 is 11.8 Å². The van der Waals surface area contributed by atoms with Crippen molar-refractivity contribution in [3.05, 3.63) is 11.8 Å². The summed E-state index contributed by atoms with van der Waals surface area (Å²) < 4.78 is 5.11. The van der Waals surface area contributed by atoms with E-state index in [9.17, 15) is 0 Å². The zero-order valence-corrected chi connectivity index (χ0v) is 7.10. The first-order chi connectivity index (χ1) is 5.33. The van der Waals surface area contributed by atoms with E-state index < -0.39 is 0 Å². The van der Waals surface area contributed by atoms with Gasteiger partial charge in [-0.25, -0.2) is 0 Å². The molecule has 0 aromatic carbocycles. The van der Waals surface area contributed by atoms with Crippen LogP contribution in [0.15, 0.2) is 4.42 Å². The number of aliphatic hydroxyl groups is 1. The van der Waals surface area contributed by atoms with Crippen molar-refractivity contribution in [3.63, 3.8) is 0 Å². The maximum absolute atomic E-state index is 8.46. The fourth-order valence-electron chi connectivity index (χ4n) is 0.620. The second-order valence-electron chi connectivity index (χ2n) is 1.99. The average molecular weight is 174 g/mol. The highest BCUT2D eigenvalue weighted by Crippen LogP contribution is 2.09. The molecule has 0 amide bonds. The highest BCUT2D eigenvalue weighted by atomic mass is 32.2. The number of hydrogen-bond acceptors (Lipinski definition) is 5. The molecule has 1 rings (SSSR count). The molecule has 5 heteroatoms. The van der Waals surface area contributed by atoms with Crippen molar-refractivity contribution in [2.24, 2.45) is 0 Å². The third-order valence-electron chi connectivity index (χ3n) is 1.03. The van der Waals surface area contributed by atoms with E-state index in [1.165, 1.54) is 0 Å². The van der Waals surface area contributed by atoms with Crippen LogP contribution in [0.1, 0.15) is 11.8 Å². The summed E-state index contributed by atoms with van der Waals surface area (Å²) in [5.41, 5.74) is 0. The van der Waals surface area contributed by atoms with Crippen LogP contribution >= 0.6 is 11.8 Å². The fourth-order valence-corrected chi connectivity index (χ4v) is 1.18. The summed E-state index contributed by atoms with van der Waals surface area (Å²) in [6.45, 7) is 1.95. The van der Waals surface area contributed by atoms with E-state index in [0.29, 0.717) is 23.3 Å². The smallest absolute Gasteiger partial charge is 0.226 e. The second-order valence-corrected chi connectivity index (χ2v) is 3.10. The monoisotopic (exact) mass is 174 g/mol. The summed E-state index contributed by atoms with van der Waals surface area (Å²) in [4.78, 5) is 0. The van der Waals surface area contributed by atoms with Gasteiger partial charge in [0.05, 0.1) is 12.4 Å². The van der Waals surface area contributed by atoms with Crippen molar-refractivity contribution in [2.75, 3.05) is 12.4 Å². The summed E-state index contributed by atoms with van der Waals surface area (Å²) in [7, 11) is 0. The van der Waals surface area contributed by atoms with Gasteiger partial charge in [0.15, 0.2) is 0 Å². The number of aromatic nitrogens is 2. The third kappa shape index (κ3) is 2.90. The lowest BCUT2D eigenvalue weighted by atomic mass is 10.8. The van der Waals surface area contributed by atoms with Gasteiger partial charge in [-0.2, -0.15) is 0 Å². The van der Waals surface area contributed by atoms with Gasteiger partial charge in [-0.1, -0.05) is 0 Å². The van der Waals surface area contributed by atoms with Crippen LogP contribution in [0.2, 0.25) is 0 Å². The summed E-state index contributed by atoms with van der Waals surface area (Å²) in [6.07, 6.45) is 0. The minimum Gasteiger partial charge on any atom is -0.425 e. The normalized spacial score (nSPS) is 10.4. The summed E-state index contributed by atoms with van der Waals surface area (Å²) in [5, 5.41) is 15.9. The number of nitrogens with zero attached hydrogens (tertiary/aromatic N) is 2. The maximum atomic E-state index is 8.46. The fraction of sp³-hybridized carbons (Fsp3) is 0.667. The Morgan fingerprint density at radius 2 is 2.36 bits per heavy atom. The Morgan fingerprint density at radius 1 is 1.55 bits per heavy atom. The molecule has 0 atom stereocenters. The van der Waals surface area contributed by atoms with Gasteiger partial charge in [-0.05, 0) is 0 Å². The quantitative estimate of drug-likeness (QED) is 0.677. The van der Waals surface area contributed by atoms with Crippen molar-refractivity contribution in [2.45, 2.75) is 12.7 Å². The summed E-state index contributed by atoms with van der Waals surface area (Å²) in [6, 6.07) is 0. The SMILES string of the molecule is Cc1nnc(CSCCO)o1. The van der Waals surface area contributed by atoms with Gasteiger partial charge >= 0.3 is 0 Å². The molecule has 0 saturated heterocycles. The van der Waals surface area contributed by atoms with Crippen LogP contribution in [0.25, 0.3) is 0 Å². The van der Waals surface area contributed by atoms with E-state index in [1.54, 1.807) is 18.7 Å². The van der Waals surface area contributed by atoms with Crippen molar-refractivity contribution < 1.29 is 9.52 Å². The molecule has 4 nitrogen and oxygen atoms in total. The first-order valence-corrected chi connectivity index (χ1v) is 4.46. The molecule has 0 unspecified atom stereocenters. The zero-order valence-electron chi connectivity index (χ0n) is 6.28. The van der Waals surface area contributed by atoms with Crippen LogP contribution in [0.4, 0.5) is 0 Å². The van der Waals surface area contributed by atoms with Crippen LogP contribution in [-0.2, 0) is 5.75 Å². The van der Waals surface area contributed by atoms with Gasteiger partial charge in [-0.15, -0.1) is 22.0 Å². The van der Waals surface area contributed by atoms with Gasteiger partial charge < -0.3 is 9.52 Å². The first kappa shape index (κ1) is 8.55. The molecule has 11 heavy (non-hydrogen) atoms. The Kier molecular flexibility index (Phi) is 3.38. The van der Waals surface area contributed by atoms with Gasteiger partial charge in [0.25, 0.3) is 0 Å². The highest BCUT2D eigenvalue weighted by Gasteiger charge is 2.00. The van der Waals surface area contributed by atoms with Crippen molar-refractivity contribution in [1.29, 1.82) is 0 Å². The van der Waals surface area contributed by atoms with Crippen LogP contribution < -0.4 is 0 Å². The molecule has 0 aliphatic carbocycles. The number of rotatable bonds is 4. The number of aryl methyl sites for hydroxylation is 1. The predicted molar refractivity (Wildman–Crippen MR) is 42.3 cm³/mol. The zero-order chi connectivity index (χ0) is 8.10. The van der Waals surface area contributed by atoms with Crippen LogP contribution in [-0.4, -0.2) is 27.7 Å². The summed E-state index contributed by atoms with van der Waals surface area (Å²) in [5.74, 6) is 2.61. The highest BCUT2D eigenvalue weighted by molar-refractivity contribution is 7.98.